The number of methoxy groups -OCH3 is 1. The highest BCUT2D eigenvalue weighted by atomic mass is 32.2. The van der Waals surface area contributed by atoms with Crippen molar-refractivity contribution in [2.45, 2.75) is 19.4 Å². The minimum atomic E-state index is -0.791. The molecular formula is C9H20N2O2S2. The lowest BCUT2D eigenvalue weighted by molar-refractivity contribution is 0.195. The third kappa shape index (κ3) is 10.1. The predicted molar refractivity (Wildman–Crippen MR) is 68.6 cm³/mol. The van der Waals surface area contributed by atoms with E-state index in [0.29, 0.717) is 10.9 Å². The SMILES string of the molecule is COCCCNC(=S)NC(C)CS(C)=O. The van der Waals surface area contributed by atoms with Gasteiger partial charge in [-0.2, -0.15) is 0 Å². The van der Waals surface area contributed by atoms with E-state index >= 15 is 0 Å². The normalized spacial score (nSPS) is 14.3. The highest BCUT2D eigenvalue weighted by Crippen LogP contribution is 1.86. The summed E-state index contributed by atoms with van der Waals surface area (Å²) in [5, 5.41) is 6.75. The Bertz CT molecular complexity index is 212. The molecule has 4 nitrogen and oxygen atoms in total. The third-order valence-corrected chi connectivity index (χ3v) is 2.90. The van der Waals surface area contributed by atoms with E-state index in [-0.39, 0.29) is 6.04 Å². The lowest BCUT2D eigenvalue weighted by Gasteiger charge is -2.15. The van der Waals surface area contributed by atoms with Gasteiger partial charge in [0.25, 0.3) is 0 Å². The molecule has 0 fully saturated rings. The molecule has 2 N–H and O–H groups in total. The maximum Gasteiger partial charge on any atom is 0.166 e. The van der Waals surface area contributed by atoms with E-state index in [1.54, 1.807) is 13.4 Å². The van der Waals surface area contributed by atoms with Gasteiger partial charge in [0, 0.05) is 49.1 Å². The van der Waals surface area contributed by atoms with Crippen LogP contribution in [0.3, 0.4) is 0 Å². The average molecular weight is 252 g/mol. The van der Waals surface area contributed by atoms with Gasteiger partial charge in [-0.25, -0.2) is 0 Å². The Balaban J connectivity index is 3.51. The summed E-state index contributed by atoms with van der Waals surface area (Å²) >= 11 is 5.07. The van der Waals surface area contributed by atoms with E-state index in [1.807, 2.05) is 6.92 Å². The second-order valence-electron chi connectivity index (χ2n) is 3.39. The van der Waals surface area contributed by atoms with Crippen LogP contribution in [0.5, 0.6) is 0 Å². The molecule has 90 valence electrons. The van der Waals surface area contributed by atoms with Crippen LogP contribution in [-0.2, 0) is 15.5 Å². The van der Waals surface area contributed by atoms with E-state index in [9.17, 15) is 4.21 Å². The summed E-state index contributed by atoms with van der Waals surface area (Å²) < 4.78 is 15.8. The minimum absolute atomic E-state index is 0.137. The van der Waals surface area contributed by atoms with Crippen LogP contribution >= 0.6 is 12.2 Å². The molecule has 15 heavy (non-hydrogen) atoms. The second kappa shape index (κ2) is 9.06. The lowest BCUT2D eigenvalue weighted by atomic mass is 10.4. The molecule has 0 aliphatic heterocycles. The van der Waals surface area contributed by atoms with E-state index in [0.717, 1.165) is 19.6 Å². The van der Waals surface area contributed by atoms with Crippen molar-refractivity contribution in [1.29, 1.82) is 0 Å². The van der Waals surface area contributed by atoms with E-state index in [4.69, 9.17) is 17.0 Å². The van der Waals surface area contributed by atoms with Crippen molar-refractivity contribution >= 4 is 28.1 Å². The summed E-state index contributed by atoms with van der Waals surface area (Å²) in [5.74, 6) is 0.611. The van der Waals surface area contributed by atoms with Crippen molar-refractivity contribution in [1.82, 2.24) is 10.6 Å². The molecule has 0 radical (unpaired) electrons. The first-order chi connectivity index (χ1) is 7.06. The summed E-state index contributed by atoms with van der Waals surface area (Å²) in [5.41, 5.74) is 0. The first-order valence-electron chi connectivity index (χ1n) is 4.89. The maximum atomic E-state index is 10.9. The summed E-state index contributed by atoms with van der Waals surface area (Å²) in [6.45, 7) is 3.48. The number of ether oxygens (including phenoxy) is 1. The highest BCUT2D eigenvalue weighted by Gasteiger charge is 2.05. The molecule has 2 atom stereocenters. The van der Waals surface area contributed by atoms with E-state index < -0.39 is 10.8 Å². The Morgan fingerprint density at radius 1 is 1.60 bits per heavy atom. The van der Waals surface area contributed by atoms with Gasteiger partial charge in [0.2, 0.25) is 0 Å². The van der Waals surface area contributed by atoms with Gasteiger partial charge in [0.05, 0.1) is 0 Å². The summed E-state index contributed by atoms with van der Waals surface area (Å²) in [6.07, 6.45) is 2.61. The Kier molecular flexibility index (Phi) is 8.94. The van der Waals surface area contributed by atoms with Crippen LogP contribution in [0.2, 0.25) is 0 Å². The zero-order valence-corrected chi connectivity index (χ0v) is 11.2. The van der Waals surface area contributed by atoms with Crippen molar-refractivity contribution in [3.8, 4) is 0 Å². The molecule has 0 aromatic carbocycles. The molecule has 0 rings (SSSR count). The Labute approximate surface area is 99.6 Å². The van der Waals surface area contributed by atoms with Crippen molar-refractivity contribution in [3.05, 3.63) is 0 Å². The van der Waals surface area contributed by atoms with E-state index in [1.165, 1.54) is 0 Å². The first kappa shape index (κ1) is 14.8. The summed E-state index contributed by atoms with van der Waals surface area (Å²) in [4.78, 5) is 0. The van der Waals surface area contributed by atoms with Crippen LogP contribution in [0.25, 0.3) is 0 Å². The third-order valence-electron chi connectivity index (χ3n) is 1.67. The Hall–Kier alpha value is -0.200. The Morgan fingerprint density at radius 3 is 2.80 bits per heavy atom. The molecule has 0 aliphatic carbocycles. The summed E-state index contributed by atoms with van der Waals surface area (Å²) in [7, 11) is 0.885. The second-order valence-corrected chi connectivity index (χ2v) is 5.28. The fourth-order valence-corrected chi connectivity index (χ4v) is 2.18. The molecule has 0 amide bonds. The van der Waals surface area contributed by atoms with Gasteiger partial charge < -0.3 is 15.4 Å². The standard InChI is InChI=1S/C9H20N2O2S2/c1-8(7-15(3)12)11-9(14)10-5-4-6-13-2/h8H,4-7H2,1-3H3,(H2,10,11,14). The molecule has 0 aromatic rings. The largest absolute Gasteiger partial charge is 0.385 e. The average Bonchev–Trinajstić information content (AvgIpc) is 2.10. The van der Waals surface area contributed by atoms with Crippen molar-refractivity contribution in [2.24, 2.45) is 0 Å². The molecule has 0 aliphatic rings. The fourth-order valence-electron chi connectivity index (χ4n) is 1.09. The monoisotopic (exact) mass is 252 g/mol. The van der Waals surface area contributed by atoms with Gasteiger partial charge in [-0.3, -0.25) is 4.21 Å². The number of thiocarbonyl (C=S) groups is 1. The minimum Gasteiger partial charge on any atom is -0.385 e. The van der Waals surface area contributed by atoms with Gasteiger partial charge in [-0.15, -0.1) is 0 Å². The smallest absolute Gasteiger partial charge is 0.166 e. The van der Waals surface area contributed by atoms with Crippen LogP contribution in [0.15, 0.2) is 0 Å². The van der Waals surface area contributed by atoms with Crippen molar-refractivity contribution < 1.29 is 8.95 Å². The van der Waals surface area contributed by atoms with Gasteiger partial charge in [-0.05, 0) is 25.6 Å². The lowest BCUT2D eigenvalue weighted by Crippen LogP contribution is -2.43. The molecule has 0 saturated carbocycles. The number of hydrogen-bond donors (Lipinski definition) is 2. The zero-order chi connectivity index (χ0) is 11.7. The molecule has 0 bridgehead atoms. The highest BCUT2D eigenvalue weighted by molar-refractivity contribution is 7.84. The molecule has 0 aromatic heterocycles. The van der Waals surface area contributed by atoms with Crippen molar-refractivity contribution in [2.75, 3.05) is 32.3 Å². The first-order valence-corrected chi connectivity index (χ1v) is 7.03. The zero-order valence-electron chi connectivity index (χ0n) is 9.54. The van der Waals surface area contributed by atoms with Crippen LogP contribution in [0.1, 0.15) is 13.3 Å². The number of hydrogen-bond acceptors (Lipinski definition) is 3. The van der Waals surface area contributed by atoms with Gasteiger partial charge in [0.15, 0.2) is 5.11 Å². The van der Waals surface area contributed by atoms with Crippen LogP contribution in [-0.4, -0.2) is 47.6 Å². The molecule has 0 saturated heterocycles. The van der Waals surface area contributed by atoms with Crippen LogP contribution in [0.4, 0.5) is 0 Å². The molecule has 2 unspecified atom stereocenters. The molecule has 0 heterocycles. The molecule has 6 heteroatoms. The van der Waals surface area contributed by atoms with Crippen molar-refractivity contribution in [3.63, 3.8) is 0 Å². The fraction of sp³-hybridized carbons (Fsp3) is 0.889. The van der Waals surface area contributed by atoms with Crippen LogP contribution < -0.4 is 10.6 Å². The molecular weight excluding hydrogens is 232 g/mol. The predicted octanol–water partition coefficient (Wildman–Crippen LogP) is 0.254. The Morgan fingerprint density at radius 2 is 2.27 bits per heavy atom. The summed E-state index contributed by atoms with van der Waals surface area (Å²) in [6, 6.07) is 0.137. The van der Waals surface area contributed by atoms with Gasteiger partial charge >= 0.3 is 0 Å². The van der Waals surface area contributed by atoms with Gasteiger partial charge in [-0.1, -0.05) is 0 Å². The maximum absolute atomic E-state index is 10.9. The molecule has 0 spiro atoms. The topological polar surface area (TPSA) is 50.4 Å². The van der Waals surface area contributed by atoms with Gasteiger partial charge in [0.1, 0.15) is 0 Å². The number of nitrogens with one attached hydrogen (secondary N) is 2. The van der Waals surface area contributed by atoms with Crippen LogP contribution in [0, 0.1) is 0 Å². The van der Waals surface area contributed by atoms with E-state index in [2.05, 4.69) is 10.6 Å². The number of rotatable bonds is 7. The quantitative estimate of drug-likeness (QED) is 0.503.